The van der Waals surface area contributed by atoms with Crippen LogP contribution in [0.2, 0.25) is 0 Å². The fourth-order valence-corrected chi connectivity index (χ4v) is 3.74. The first-order valence-electron chi connectivity index (χ1n) is 9.07. The summed E-state index contributed by atoms with van der Waals surface area (Å²) in [7, 11) is 2.17. The zero-order chi connectivity index (χ0) is 17.2. The Balaban J connectivity index is 1.41. The first kappa shape index (κ1) is 16.9. The van der Waals surface area contributed by atoms with Crippen molar-refractivity contribution in [1.82, 2.24) is 19.9 Å². The van der Waals surface area contributed by atoms with Gasteiger partial charge in [0.15, 0.2) is 0 Å². The maximum Gasteiger partial charge on any atom is 0.133 e. The quantitative estimate of drug-likeness (QED) is 0.765. The molecule has 25 heavy (non-hydrogen) atoms. The van der Waals surface area contributed by atoms with Crippen molar-refractivity contribution in [3.05, 3.63) is 46.6 Å². The van der Waals surface area contributed by atoms with E-state index in [9.17, 15) is 0 Å². The van der Waals surface area contributed by atoms with Crippen LogP contribution in [0.15, 0.2) is 35.1 Å². The molecule has 1 aliphatic heterocycles. The normalized spacial score (nSPS) is 21.3. The highest BCUT2D eigenvalue weighted by molar-refractivity contribution is 9.10. The first-order chi connectivity index (χ1) is 12.2. The van der Waals surface area contributed by atoms with E-state index in [4.69, 9.17) is 4.98 Å². The van der Waals surface area contributed by atoms with Crippen molar-refractivity contribution < 1.29 is 0 Å². The number of nitrogens with zero attached hydrogens (tertiary/aromatic N) is 5. The summed E-state index contributed by atoms with van der Waals surface area (Å²) in [5, 5.41) is 0. The lowest BCUT2D eigenvalue weighted by atomic mass is 10.0. The highest BCUT2D eigenvalue weighted by Crippen LogP contribution is 2.38. The number of hydrogen-bond acceptors (Lipinski definition) is 5. The van der Waals surface area contributed by atoms with Crippen molar-refractivity contribution in [3.63, 3.8) is 0 Å². The topological polar surface area (TPSA) is 45.2 Å². The maximum atomic E-state index is 4.81. The summed E-state index contributed by atoms with van der Waals surface area (Å²) in [5.74, 6) is 2.68. The fraction of sp³-hybridized carbons (Fsp3) is 0.526. The molecule has 1 aliphatic carbocycles. The molecular weight excluding hydrogens is 378 g/mol. The average Bonchev–Trinajstić information content (AvgIpc) is 3.49. The van der Waals surface area contributed by atoms with E-state index in [1.54, 1.807) is 0 Å². The molecule has 6 heteroatoms. The summed E-state index contributed by atoms with van der Waals surface area (Å²) in [5.41, 5.74) is 1.13. The number of likely N-dealkylation sites (N-methyl/N-ethyl adjacent to an activating group) is 1. The van der Waals surface area contributed by atoms with Crippen molar-refractivity contribution in [2.24, 2.45) is 0 Å². The minimum absolute atomic E-state index is 0.492. The van der Waals surface area contributed by atoms with Gasteiger partial charge in [0.1, 0.15) is 11.6 Å². The number of pyridine rings is 1. The number of halogens is 1. The van der Waals surface area contributed by atoms with E-state index in [1.165, 1.54) is 25.7 Å². The number of aromatic nitrogens is 3. The molecule has 4 rings (SSSR count). The van der Waals surface area contributed by atoms with Gasteiger partial charge in [0.2, 0.25) is 0 Å². The predicted octanol–water partition coefficient (Wildman–Crippen LogP) is 3.61. The third-order valence-corrected chi connectivity index (χ3v) is 5.64. The SMILES string of the molecule is CN(c1ccnc(C2CC2)n1)C1CCCN(Cc2ccc(Br)cn2)C1. The molecule has 0 N–H and O–H groups in total. The maximum absolute atomic E-state index is 4.81. The number of hydrogen-bond donors (Lipinski definition) is 0. The highest BCUT2D eigenvalue weighted by atomic mass is 79.9. The summed E-state index contributed by atoms with van der Waals surface area (Å²) in [6, 6.07) is 6.70. The van der Waals surface area contributed by atoms with Gasteiger partial charge in [-0.25, -0.2) is 9.97 Å². The number of piperidine rings is 1. The molecule has 0 spiro atoms. The molecule has 3 heterocycles. The number of likely N-dealkylation sites (tertiary alicyclic amines) is 1. The number of rotatable bonds is 5. The van der Waals surface area contributed by atoms with Crippen LogP contribution in [0.3, 0.4) is 0 Å². The van der Waals surface area contributed by atoms with Crippen LogP contribution in [-0.4, -0.2) is 46.0 Å². The molecular formula is C19H24BrN5. The van der Waals surface area contributed by atoms with Crippen LogP contribution >= 0.6 is 15.9 Å². The van der Waals surface area contributed by atoms with Gasteiger partial charge in [-0.1, -0.05) is 0 Å². The van der Waals surface area contributed by atoms with Gasteiger partial charge in [0.25, 0.3) is 0 Å². The van der Waals surface area contributed by atoms with Gasteiger partial charge < -0.3 is 4.90 Å². The molecule has 0 aromatic carbocycles. The van der Waals surface area contributed by atoms with E-state index in [0.29, 0.717) is 12.0 Å². The molecule has 0 bridgehead atoms. The smallest absolute Gasteiger partial charge is 0.133 e. The van der Waals surface area contributed by atoms with Crippen molar-refractivity contribution >= 4 is 21.7 Å². The zero-order valence-electron chi connectivity index (χ0n) is 14.6. The van der Waals surface area contributed by atoms with E-state index in [-0.39, 0.29) is 0 Å². The lowest BCUT2D eigenvalue weighted by Gasteiger charge is -2.38. The largest absolute Gasteiger partial charge is 0.355 e. The van der Waals surface area contributed by atoms with Gasteiger partial charge in [-0.3, -0.25) is 9.88 Å². The minimum atomic E-state index is 0.492. The predicted molar refractivity (Wildman–Crippen MR) is 103 cm³/mol. The molecule has 5 nitrogen and oxygen atoms in total. The summed E-state index contributed by atoms with van der Waals surface area (Å²) in [6.45, 7) is 3.10. The zero-order valence-corrected chi connectivity index (χ0v) is 16.2. The lowest BCUT2D eigenvalue weighted by Crippen LogP contribution is -2.46. The highest BCUT2D eigenvalue weighted by Gasteiger charge is 2.28. The van der Waals surface area contributed by atoms with Crippen molar-refractivity contribution in [3.8, 4) is 0 Å². The average molecular weight is 402 g/mol. The Morgan fingerprint density at radius 1 is 1.20 bits per heavy atom. The molecule has 1 saturated carbocycles. The second-order valence-electron chi connectivity index (χ2n) is 7.16. The third-order valence-electron chi connectivity index (χ3n) is 5.17. The van der Waals surface area contributed by atoms with Gasteiger partial charge in [-0.05, 0) is 66.4 Å². The molecule has 1 saturated heterocycles. The van der Waals surface area contributed by atoms with Crippen LogP contribution in [0.1, 0.15) is 43.1 Å². The van der Waals surface area contributed by atoms with Crippen LogP contribution in [0.25, 0.3) is 0 Å². The van der Waals surface area contributed by atoms with Crippen molar-refractivity contribution in [1.29, 1.82) is 0 Å². The van der Waals surface area contributed by atoms with Crippen LogP contribution in [0, 0.1) is 0 Å². The van der Waals surface area contributed by atoms with E-state index in [0.717, 1.165) is 41.4 Å². The van der Waals surface area contributed by atoms with Gasteiger partial charge in [0.05, 0.1) is 5.69 Å². The summed E-state index contributed by atoms with van der Waals surface area (Å²) >= 11 is 3.45. The van der Waals surface area contributed by atoms with E-state index < -0.39 is 0 Å². The Labute approximate surface area is 157 Å². The van der Waals surface area contributed by atoms with Crippen LogP contribution in [0.5, 0.6) is 0 Å². The molecule has 2 aromatic rings. The molecule has 2 fully saturated rings. The van der Waals surface area contributed by atoms with Gasteiger partial charge in [0, 0.05) is 49.0 Å². The van der Waals surface area contributed by atoms with Gasteiger partial charge in [-0.2, -0.15) is 0 Å². The molecule has 1 atom stereocenters. The molecule has 2 aliphatic rings. The van der Waals surface area contributed by atoms with Crippen LogP contribution < -0.4 is 4.90 Å². The summed E-state index contributed by atoms with van der Waals surface area (Å²) in [4.78, 5) is 18.6. The molecule has 132 valence electrons. The number of anilines is 1. The second-order valence-corrected chi connectivity index (χ2v) is 8.07. The second kappa shape index (κ2) is 7.38. The molecule has 2 aromatic heterocycles. The van der Waals surface area contributed by atoms with Crippen molar-refractivity contribution in [2.45, 2.75) is 44.2 Å². The monoisotopic (exact) mass is 401 g/mol. The van der Waals surface area contributed by atoms with Crippen molar-refractivity contribution in [2.75, 3.05) is 25.0 Å². The molecule has 0 amide bonds. The fourth-order valence-electron chi connectivity index (χ4n) is 3.51. The minimum Gasteiger partial charge on any atom is -0.355 e. The van der Waals surface area contributed by atoms with E-state index in [2.05, 4.69) is 54.9 Å². The Bertz CT molecular complexity index is 716. The Kier molecular flexibility index (Phi) is 4.99. The van der Waals surface area contributed by atoms with Crippen LogP contribution in [0.4, 0.5) is 5.82 Å². The molecule has 1 unspecified atom stereocenters. The Hall–Kier alpha value is -1.53. The Morgan fingerprint density at radius 3 is 2.84 bits per heavy atom. The summed E-state index contributed by atoms with van der Waals surface area (Å²) < 4.78 is 1.03. The summed E-state index contributed by atoms with van der Waals surface area (Å²) in [6.07, 6.45) is 8.70. The molecule has 0 radical (unpaired) electrons. The van der Waals surface area contributed by atoms with Gasteiger partial charge >= 0.3 is 0 Å². The Morgan fingerprint density at radius 2 is 2.08 bits per heavy atom. The first-order valence-corrected chi connectivity index (χ1v) is 9.87. The standard InChI is InChI=1S/C19H24BrN5/c1-24(18-8-9-21-19(23-18)14-4-5-14)17-3-2-10-25(13-17)12-16-7-6-15(20)11-22-16/h6-9,11,14,17H,2-5,10,12-13H2,1H3. The van der Waals surface area contributed by atoms with Gasteiger partial charge in [-0.15, -0.1) is 0 Å². The van der Waals surface area contributed by atoms with Crippen LogP contribution in [-0.2, 0) is 6.54 Å². The van der Waals surface area contributed by atoms with E-state index in [1.807, 2.05) is 18.5 Å². The third kappa shape index (κ3) is 4.18. The van der Waals surface area contributed by atoms with E-state index >= 15 is 0 Å². The lowest BCUT2D eigenvalue weighted by molar-refractivity contribution is 0.196.